The largest absolute Gasteiger partial charge is 0.268 e. The molecule has 0 bridgehead atoms. The van der Waals surface area contributed by atoms with Crippen molar-refractivity contribution in [1.82, 2.24) is 9.78 Å². The molecule has 1 aromatic carbocycles. The molecule has 1 heterocycles. The Morgan fingerprint density at radius 1 is 1.35 bits per heavy atom. The minimum absolute atomic E-state index is 0.0376. The van der Waals surface area contributed by atoms with Gasteiger partial charge in [-0.3, -0.25) is 4.68 Å². The van der Waals surface area contributed by atoms with Gasteiger partial charge in [0.15, 0.2) is 0 Å². The van der Waals surface area contributed by atoms with Crippen LogP contribution in [0.1, 0.15) is 23.4 Å². The second-order valence-electron chi connectivity index (χ2n) is 3.82. The van der Waals surface area contributed by atoms with E-state index >= 15 is 0 Å². The van der Waals surface area contributed by atoms with Gasteiger partial charge in [0, 0.05) is 21.8 Å². The minimum atomic E-state index is -0.0376. The maximum Gasteiger partial charge on any atom is 0.0674 e. The second kappa shape index (κ2) is 5.30. The Morgan fingerprint density at radius 2 is 2.12 bits per heavy atom. The third kappa shape index (κ3) is 3.15. The first-order valence-electron chi connectivity index (χ1n) is 5.16. The Hall–Kier alpha value is -0.700. The predicted molar refractivity (Wildman–Crippen MR) is 72.1 cm³/mol. The van der Waals surface area contributed by atoms with Crippen molar-refractivity contribution in [3.05, 3.63) is 51.8 Å². The summed E-state index contributed by atoms with van der Waals surface area (Å²) in [6.07, 6.45) is 3.68. The molecular weight excluding hydrogens is 279 g/mol. The van der Waals surface area contributed by atoms with Crippen LogP contribution in [0.15, 0.2) is 30.6 Å². The molecule has 0 saturated carbocycles. The summed E-state index contributed by atoms with van der Waals surface area (Å²) in [7, 11) is 0. The first-order chi connectivity index (χ1) is 8.06. The van der Waals surface area contributed by atoms with Crippen LogP contribution in [0, 0.1) is 0 Å². The van der Waals surface area contributed by atoms with Crippen molar-refractivity contribution in [2.45, 2.75) is 18.8 Å². The van der Waals surface area contributed by atoms with Gasteiger partial charge in [0.1, 0.15) is 0 Å². The van der Waals surface area contributed by atoms with Gasteiger partial charge >= 0.3 is 0 Å². The van der Waals surface area contributed by atoms with Crippen LogP contribution in [0.5, 0.6) is 0 Å². The predicted octanol–water partition coefficient (Wildman–Crippen LogP) is 4.54. The molecular formula is C12H11Cl3N2. The topological polar surface area (TPSA) is 17.8 Å². The zero-order chi connectivity index (χ0) is 12.4. The number of nitrogens with zero attached hydrogens (tertiary/aromatic N) is 2. The van der Waals surface area contributed by atoms with Crippen molar-refractivity contribution < 1.29 is 0 Å². The van der Waals surface area contributed by atoms with Crippen LogP contribution in [0.25, 0.3) is 0 Å². The molecule has 0 amide bonds. The zero-order valence-corrected chi connectivity index (χ0v) is 11.5. The molecule has 0 saturated heterocycles. The zero-order valence-electron chi connectivity index (χ0n) is 9.20. The van der Waals surface area contributed by atoms with Crippen molar-refractivity contribution in [3.8, 4) is 0 Å². The van der Waals surface area contributed by atoms with Gasteiger partial charge < -0.3 is 0 Å². The second-order valence-corrected chi connectivity index (χ2v) is 5.32. The van der Waals surface area contributed by atoms with Gasteiger partial charge in [-0.25, -0.2) is 0 Å². The molecule has 90 valence electrons. The smallest absolute Gasteiger partial charge is 0.0674 e. The maximum atomic E-state index is 6.10. The SMILES string of the molecule is CC(Cl)c1cnn(Cc2ccc(Cl)cc2Cl)c1. The van der Waals surface area contributed by atoms with Gasteiger partial charge in [0.2, 0.25) is 0 Å². The van der Waals surface area contributed by atoms with Crippen molar-refractivity contribution >= 4 is 34.8 Å². The van der Waals surface area contributed by atoms with E-state index in [0.29, 0.717) is 16.6 Å². The minimum Gasteiger partial charge on any atom is -0.268 e. The van der Waals surface area contributed by atoms with Crippen molar-refractivity contribution in [2.75, 3.05) is 0 Å². The summed E-state index contributed by atoms with van der Waals surface area (Å²) < 4.78 is 1.81. The fourth-order valence-corrected chi connectivity index (χ4v) is 2.08. The van der Waals surface area contributed by atoms with E-state index in [-0.39, 0.29) is 5.38 Å². The Labute approximate surface area is 115 Å². The van der Waals surface area contributed by atoms with Crippen molar-refractivity contribution in [3.63, 3.8) is 0 Å². The van der Waals surface area contributed by atoms with E-state index in [2.05, 4.69) is 5.10 Å². The number of benzene rings is 1. The molecule has 17 heavy (non-hydrogen) atoms. The molecule has 0 radical (unpaired) electrons. The molecule has 0 aliphatic heterocycles. The highest BCUT2D eigenvalue weighted by molar-refractivity contribution is 6.35. The van der Waals surface area contributed by atoms with Crippen molar-refractivity contribution in [2.24, 2.45) is 0 Å². The Kier molecular flexibility index (Phi) is 3.97. The Bertz CT molecular complexity index is 520. The molecule has 0 fully saturated rings. The molecule has 1 atom stereocenters. The molecule has 1 aromatic heterocycles. The van der Waals surface area contributed by atoms with E-state index in [9.17, 15) is 0 Å². The van der Waals surface area contributed by atoms with Gasteiger partial charge in [-0.1, -0.05) is 29.3 Å². The van der Waals surface area contributed by atoms with E-state index in [4.69, 9.17) is 34.8 Å². The van der Waals surface area contributed by atoms with E-state index in [1.807, 2.05) is 29.9 Å². The molecule has 0 aliphatic carbocycles. The summed E-state index contributed by atoms with van der Waals surface area (Å²) in [4.78, 5) is 0. The average molecular weight is 290 g/mol. The van der Waals surface area contributed by atoms with E-state index in [1.54, 1.807) is 12.3 Å². The molecule has 0 N–H and O–H groups in total. The van der Waals surface area contributed by atoms with Crippen LogP contribution in [-0.2, 0) is 6.54 Å². The number of hydrogen-bond donors (Lipinski definition) is 0. The fraction of sp³-hybridized carbons (Fsp3) is 0.250. The van der Waals surface area contributed by atoms with Gasteiger partial charge in [-0.2, -0.15) is 5.10 Å². The van der Waals surface area contributed by atoms with Crippen LogP contribution in [-0.4, -0.2) is 9.78 Å². The van der Waals surface area contributed by atoms with E-state index in [1.165, 1.54) is 0 Å². The first kappa shape index (κ1) is 12.7. The summed E-state index contributed by atoms with van der Waals surface area (Å²) in [5, 5.41) is 5.48. The highest BCUT2D eigenvalue weighted by atomic mass is 35.5. The quantitative estimate of drug-likeness (QED) is 0.759. The summed E-state index contributed by atoms with van der Waals surface area (Å²) in [5.41, 5.74) is 1.98. The molecule has 2 aromatic rings. The summed E-state index contributed by atoms with van der Waals surface area (Å²) >= 11 is 17.9. The normalized spacial score (nSPS) is 12.7. The van der Waals surface area contributed by atoms with E-state index in [0.717, 1.165) is 11.1 Å². The van der Waals surface area contributed by atoms with Crippen LogP contribution < -0.4 is 0 Å². The molecule has 5 heteroatoms. The summed E-state index contributed by atoms with van der Waals surface area (Å²) in [5.74, 6) is 0. The van der Waals surface area contributed by atoms with Crippen LogP contribution in [0.4, 0.5) is 0 Å². The number of alkyl halides is 1. The first-order valence-corrected chi connectivity index (χ1v) is 6.36. The molecule has 0 spiro atoms. The fourth-order valence-electron chi connectivity index (χ4n) is 1.50. The maximum absolute atomic E-state index is 6.10. The Morgan fingerprint density at radius 3 is 2.71 bits per heavy atom. The highest BCUT2D eigenvalue weighted by Gasteiger charge is 2.06. The van der Waals surface area contributed by atoms with Crippen LogP contribution >= 0.6 is 34.8 Å². The number of halogens is 3. The molecule has 2 nitrogen and oxygen atoms in total. The molecule has 1 unspecified atom stereocenters. The monoisotopic (exact) mass is 288 g/mol. The summed E-state index contributed by atoms with van der Waals surface area (Å²) in [6.45, 7) is 2.53. The number of aromatic nitrogens is 2. The lowest BCUT2D eigenvalue weighted by Crippen LogP contribution is -2.00. The molecule has 0 aliphatic rings. The lowest BCUT2D eigenvalue weighted by Gasteiger charge is -2.05. The standard InChI is InChI=1S/C12H11Cl3N2/c1-8(13)10-5-16-17(7-10)6-9-2-3-11(14)4-12(9)15/h2-5,7-8H,6H2,1H3. The van der Waals surface area contributed by atoms with Crippen molar-refractivity contribution in [1.29, 1.82) is 0 Å². The van der Waals surface area contributed by atoms with Gasteiger partial charge in [0.05, 0.1) is 18.1 Å². The molecule has 2 rings (SSSR count). The van der Waals surface area contributed by atoms with Crippen LogP contribution in [0.2, 0.25) is 10.0 Å². The van der Waals surface area contributed by atoms with Gasteiger partial charge in [-0.05, 0) is 24.6 Å². The number of hydrogen-bond acceptors (Lipinski definition) is 1. The highest BCUT2D eigenvalue weighted by Crippen LogP contribution is 2.23. The third-order valence-electron chi connectivity index (χ3n) is 2.46. The van der Waals surface area contributed by atoms with Gasteiger partial charge in [-0.15, -0.1) is 11.6 Å². The number of rotatable bonds is 3. The van der Waals surface area contributed by atoms with Crippen LogP contribution in [0.3, 0.4) is 0 Å². The average Bonchev–Trinajstić information content (AvgIpc) is 2.71. The van der Waals surface area contributed by atoms with Gasteiger partial charge in [0.25, 0.3) is 0 Å². The third-order valence-corrected chi connectivity index (χ3v) is 3.30. The Balaban J connectivity index is 2.19. The lowest BCUT2D eigenvalue weighted by molar-refractivity contribution is 0.686. The lowest BCUT2D eigenvalue weighted by atomic mass is 10.2. The van der Waals surface area contributed by atoms with E-state index < -0.39 is 0 Å². The summed E-state index contributed by atoms with van der Waals surface area (Å²) in [6, 6.07) is 5.44.